The summed E-state index contributed by atoms with van der Waals surface area (Å²) in [6, 6.07) is 70.9. The number of benzene rings is 8. The van der Waals surface area contributed by atoms with Gasteiger partial charge in [-0.25, -0.2) is 0 Å². The van der Waals surface area contributed by atoms with Crippen LogP contribution in [-0.2, 0) is 0 Å². The van der Waals surface area contributed by atoms with Crippen LogP contribution < -0.4 is 19.2 Å². The minimum absolute atomic E-state index is 0.729. The smallest absolute Gasteiger partial charge is 0.366 e. The molecule has 6 heteroatoms. The van der Waals surface area contributed by atoms with Gasteiger partial charge in [-0.3, -0.25) is 0 Å². The van der Waals surface area contributed by atoms with Crippen molar-refractivity contribution in [1.29, 1.82) is 0 Å². The molecule has 0 atom stereocenters. The minimum Gasteiger partial charge on any atom is -0.367 e. The number of hydrogen-bond donors (Lipinski definition) is 0. The van der Waals surface area contributed by atoms with E-state index in [4.69, 9.17) is 0 Å². The molecular formula is C48H34B2N4. The van der Waals surface area contributed by atoms with Gasteiger partial charge < -0.3 is 19.2 Å². The molecule has 0 bridgehead atoms. The molecule has 0 aromatic heterocycles. The van der Waals surface area contributed by atoms with Crippen molar-refractivity contribution in [3.63, 3.8) is 0 Å². The summed E-state index contributed by atoms with van der Waals surface area (Å²) in [5.74, 6) is 0. The standard InChI is InChI=1S/C48H34B2N4/c1-5-17-33(18-6-1)51-45-29-41-37-25-13-14-26-38(37)43-31-47-48(54(36-23-11-4-12-24-36)50-53(47)35-21-9-3-10-22-35)32-44(43)40-28-16-15-27-39(40)42(41)30-46(45)52(49-51)34-19-7-2-8-20-34/h1-32,49-50H. The van der Waals surface area contributed by atoms with Crippen LogP contribution in [0, 0.1) is 0 Å². The van der Waals surface area contributed by atoms with Gasteiger partial charge in [-0.05, 0) is 117 Å². The molecule has 8 aromatic carbocycles. The topological polar surface area (TPSA) is 13.0 Å². The van der Waals surface area contributed by atoms with E-state index in [1.54, 1.807) is 0 Å². The lowest BCUT2D eigenvalue weighted by Gasteiger charge is -2.27. The molecule has 0 spiro atoms. The average Bonchev–Trinajstić information content (AvgIpc) is 3.82. The zero-order chi connectivity index (χ0) is 35.6. The summed E-state index contributed by atoms with van der Waals surface area (Å²) in [5, 5.41) is 0. The molecule has 252 valence electrons. The number of anilines is 8. The summed E-state index contributed by atoms with van der Waals surface area (Å²) in [6.45, 7) is 0. The number of hydrogen-bond acceptors (Lipinski definition) is 4. The first kappa shape index (κ1) is 30.7. The Bertz CT molecular complexity index is 2320. The van der Waals surface area contributed by atoms with Gasteiger partial charge in [0.1, 0.15) is 0 Å². The van der Waals surface area contributed by atoms with Crippen molar-refractivity contribution >= 4 is 60.6 Å². The minimum atomic E-state index is 0.729. The van der Waals surface area contributed by atoms with E-state index in [1.807, 2.05) is 0 Å². The van der Waals surface area contributed by atoms with E-state index in [-0.39, 0.29) is 0 Å². The van der Waals surface area contributed by atoms with Crippen molar-refractivity contribution in [2.24, 2.45) is 0 Å². The Morgan fingerprint density at radius 3 is 0.648 bits per heavy atom. The molecule has 4 nitrogen and oxygen atoms in total. The molecule has 8 aromatic rings. The van der Waals surface area contributed by atoms with Gasteiger partial charge in [0.2, 0.25) is 0 Å². The summed E-state index contributed by atoms with van der Waals surface area (Å²) < 4.78 is 0. The molecule has 2 aliphatic heterocycles. The lowest BCUT2D eigenvalue weighted by atomic mass is 9.80. The lowest BCUT2D eigenvalue weighted by molar-refractivity contribution is 1.42. The van der Waals surface area contributed by atoms with Gasteiger partial charge in [-0.1, -0.05) is 121 Å². The third-order valence-corrected chi connectivity index (χ3v) is 11.2. The third kappa shape index (κ3) is 4.80. The lowest BCUT2D eigenvalue weighted by Crippen LogP contribution is -2.28. The molecule has 54 heavy (non-hydrogen) atoms. The average molecular weight is 688 g/mol. The molecule has 0 amide bonds. The van der Waals surface area contributed by atoms with Crippen LogP contribution in [0.4, 0.5) is 45.5 Å². The second-order valence-electron chi connectivity index (χ2n) is 14.2. The van der Waals surface area contributed by atoms with E-state index in [0.717, 1.165) is 15.1 Å². The van der Waals surface area contributed by atoms with Crippen LogP contribution in [0.3, 0.4) is 0 Å². The van der Waals surface area contributed by atoms with Crippen molar-refractivity contribution in [2.75, 3.05) is 19.2 Å². The molecule has 0 unspecified atom stereocenters. The van der Waals surface area contributed by atoms with Crippen LogP contribution in [0.5, 0.6) is 0 Å². The summed E-state index contributed by atoms with van der Waals surface area (Å²) in [6.07, 6.45) is 0. The van der Waals surface area contributed by atoms with E-state index in [2.05, 4.69) is 213 Å². The molecule has 0 saturated carbocycles. The van der Waals surface area contributed by atoms with Gasteiger partial charge in [-0.2, -0.15) is 0 Å². The van der Waals surface area contributed by atoms with Gasteiger partial charge in [0.25, 0.3) is 0 Å². The normalized spacial score (nSPS) is 13.3. The third-order valence-electron chi connectivity index (χ3n) is 11.2. The van der Waals surface area contributed by atoms with Gasteiger partial charge in [0.15, 0.2) is 0 Å². The van der Waals surface area contributed by atoms with Crippen LogP contribution >= 0.6 is 0 Å². The van der Waals surface area contributed by atoms with Crippen LogP contribution in [0.2, 0.25) is 0 Å². The largest absolute Gasteiger partial charge is 0.367 e. The SMILES string of the molecule is B1N(c2ccccc2)c2cc3c(cc2N1c1ccccc1)-c1ccccc1-c1cc2c(cc1-c1ccccc1-3)N(c1ccccc1)BN2c1ccccc1. The predicted molar refractivity (Wildman–Crippen MR) is 230 cm³/mol. The molecule has 0 radical (unpaired) electrons. The molecule has 2 heterocycles. The highest BCUT2D eigenvalue weighted by Crippen LogP contribution is 2.56. The second kappa shape index (κ2) is 12.4. The van der Waals surface area contributed by atoms with E-state index in [0.29, 0.717) is 0 Å². The maximum Gasteiger partial charge on any atom is 0.366 e. The number of para-hydroxylation sites is 4. The van der Waals surface area contributed by atoms with Gasteiger partial charge >= 0.3 is 15.1 Å². The predicted octanol–water partition coefficient (Wildman–Crippen LogP) is 11.8. The zero-order valence-corrected chi connectivity index (χ0v) is 29.7. The van der Waals surface area contributed by atoms with Crippen LogP contribution in [-0.4, -0.2) is 15.1 Å². The molecule has 3 aliphatic rings. The highest BCUT2D eigenvalue weighted by molar-refractivity contribution is 6.56. The first-order valence-corrected chi connectivity index (χ1v) is 18.7. The summed E-state index contributed by atoms with van der Waals surface area (Å²) in [7, 11) is 1.46. The highest BCUT2D eigenvalue weighted by atomic mass is 15.3. The molecular weight excluding hydrogens is 654 g/mol. The maximum atomic E-state index is 2.45. The summed E-state index contributed by atoms with van der Waals surface area (Å²) in [4.78, 5) is 9.80. The zero-order valence-electron chi connectivity index (χ0n) is 29.7. The van der Waals surface area contributed by atoms with Gasteiger partial charge in [-0.15, -0.1) is 0 Å². The Hall–Kier alpha value is -6.91. The monoisotopic (exact) mass is 688 g/mol. The molecule has 1 aliphatic carbocycles. The summed E-state index contributed by atoms with van der Waals surface area (Å²) in [5.41, 5.74) is 19.5. The molecule has 0 fully saturated rings. The van der Waals surface area contributed by atoms with Gasteiger partial charge in [0, 0.05) is 22.7 Å². The van der Waals surface area contributed by atoms with Crippen LogP contribution in [0.1, 0.15) is 0 Å². The van der Waals surface area contributed by atoms with Crippen molar-refractivity contribution in [3.8, 4) is 44.5 Å². The van der Waals surface area contributed by atoms with Crippen molar-refractivity contribution in [3.05, 3.63) is 194 Å². The van der Waals surface area contributed by atoms with Crippen molar-refractivity contribution in [1.82, 2.24) is 0 Å². The van der Waals surface area contributed by atoms with Crippen molar-refractivity contribution in [2.45, 2.75) is 0 Å². The van der Waals surface area contributed by atoms with Crippen LogP contribution in [0.25, 0.3) is 44.5 Å². The van der Waals surface area contributed by atoms with E-state index in [9.17, 15) is 0 Å². The summed E-state index contributed by atoms with van der Waals surface area (Å²) >= 11 is 0. The fourth-order valence-corrected chi connectivity index (χ4v) is 8.72. The molecule has 0 N–H and O–H groups in total. The number of fused-ring (bicyclic) bond motifs is 10. The molecule has 11 rings (SSSR count). The Kier molecular flexibility index (Phi) is 7.02. The Morgan fingerprint density at radius 1 is 0.222 bits per heavy atom. The number of rotatable bonds is 4. The quantitative estimate of drug-likeness (QED) is 0.171. The van der Waals surface area contributed by atoms with E-state index < -0.39 is 0 Å². The second-order valence-corrected chi connectivity index (χ2v) is 14.2. The fourth-order valence-electron chi connectivity index (χ4n) is 8.72. The molecule has 0 saturated heterocycles. The first-order chi connectivity index (χ1) is 26.8. The first-order valence-electron chi connectivity index (χ1n) is 18.7. The highest BCUT2D eigenvalue weighted by Gasteiger charge is 2.35. The Morgan fingerprint density at radius 2 is 0.426 bits per heavy atom. The fraction of sp³-hybridized carbons (Fsp3) is 0. The Balaban J connectivity index is 1.18. The van der Waals surface area contributed by atoms with Crippen molar-refractivity contribution < 1.29 is 0 Å². The van der Waals surface area contributed by atoms with E-state index >= 15 is 0 Å². The van der Waals surface area contributed by atoms with E-state index in [1.165, 1.54) is 90.0 Å². The maximum absolute atomic E-state index is 2.45. The number of nitrogens with zero attached hydrogens (tertiary/aromatic N) is 4. The van der Waals surface area contributed by atoms with Gasteiger partial charge in [0.05, 0.1) is 22.7 Å². The Labute approximate surface area is 317 Å². The van der Waals surface area contributed by atoms with Crippen LogP contribution in [0.15, 0.2) is 194 Å².